The van der Waals surface area contributed by atoms with Gasteiger partial charge in [-0.25, -0.2) is 0 Å². The summed E-state index contributed by atoms with van der Waals surface area (Å²) in [6.45, 7) is 7.36. The van der Waals surface area contributed by atoms with Crippen LogP contribution in [0.1, 0.15) is 37.3 Å². The van der Waals surface area contributed by atoms with Gasteiger partial charge in [-0.15, -0.1) is 24.0 Å². The van der Waals surface area contributed by atoms with Crippen LogP contribution in [-0.4, -0.2) is 53.4 Å². The van der Waals surface area contributed by atoms with Crippen LogP contribution >= 0.6 is 24.0 Å². The molecule has 0 atom stereocenters. The first-order valence-corrected chi connectivity index (χ1v) is 10.0. The van der Waals surface area contributed by atoms with Crippen molar-refractivity contribution in [3.8, 4) is 0 Å². The molecule has 0 bridgehead atoms. The molecular weight excluding hydrogens is 463 g/mol. The minimum Gasteiger partial charge on any atom is -0.354 e. The van der Waals surface area contributed by atoms with Crippen molar-refractivity contribution in [2.75, 3.05) is 26.7 Å². The van der Waals surface area contributed by atoms with E-state index in [1.165, 1.54) is 50.0 Å². The van der Waals surface area contributed by atoms with E-state index in [-0.39, 0.29) is 24.0 Å². The molecule has 0 saturated carbocycles. The van der Waals surface area contributed by atoms with Gasteiger partial charge in [0.15, 0.2) is 5.96 Å². The quantitative estimate of drug-likeness (QED) is 0.352. The average Bonchev–Trinajstić information content (AvgIpc) is 3.21. The smallest absolute Gasteiger partial charge is 0.191 e. The normalized spacial score (nSPS) is 15.9. The topological polar surface area (TPSA) is 57.5 Å². The minimum atomic E-state index is 0. The Labute approximate surface area is 185 Å². The number of nitrogens with zero attached hydrogens (tertiary/aromatic N) is 4. The molecule has 28 heavy (non-hydrogen) atoms. The number of piperidine rings is 1. The summed E-state index contributed by atoms with van der Waals surface area (Å²) < 4.78 is 1.95. The molecule has 2 heterocycles. The Morgan fingerprint density at radius 2 is 1.93 bits per heavy atom. The third-order valence-electron chi connectivity index (χ3n) is 5.15. The molecule has 0 amide bonds. The molecule has 1 aromatic carbocycles. The lowest BCUT2D eigenvalue weighted by Gasteiger charge is -2.32. The SMILES string of the molecule is CCCN1CCC(NC(=NC)NCc2ccccc2Cn2cccn2)CC1.I. The zero-order chi connectivity index (χ0) is 18.9. The van der Waals surface area contributed by atoms with Gasteiger partial charge >= 0.3 is 0 Å². The molecule has 6 nitrogen and oxygen atoms in total. The van der Waals surface area contributed by atoms with E-state index in [0.717, 1.165) is 19.0 Å². The lowest BCUT2D eigenvalue weighted by atomic mass is 10.1. The number of guanidine groups is 1. The first kappa shape index (κ1) is 22.7. The van der Waals surface area contributed by atoms with E-state index in [4.69, 9.17) is 0 Å². The van der Waals surface area contributed by atoms with Gasteiger partial charge in [-0.3, -0.25) is 9.67 Å². The molecule has 0 unspecified atom stereocenters. The first-order chi connectivity index (χ1) is 13.3. The highest BCUT2D eigenvalue weighted by molar-refractivity contribution is 14.0. The minimum absolute atomic E-state index is 0. The number of benzene rings is 1. The third kappa shape index (κ3) is 6.77. The van der Waals surface area contributed by atoms with Gasteiger partial charge in [0.25, 0.3) is 0 Å². The van der Waals surface area contributed by atoms with Crippen LogP contribution in [-0.2, 0) is 13.1 Å². The van der Waals surface area contributed by atoms with Crippen molar-refractivity contribution in [3.63, 3.8) is 0 Å². The number of hydrogen-bond acceptors (Lipinski definition) is 3. The lowest BCUT2D eigenvalue weighted by molar-refractivity contribution is 0.206. The van der Waals surface area contributed by atoms with Crippen molar-refractivity contribution in [2.45, 2.75) is 45.3 Å². The summed E-state index contributed by atoms with van der Waals surface area (Å²) in [7, 11) is 1.84. The van der Waals surface area contributed by atoms with Gasteiger partial charge in [0.1, 0.15) is 0 Å². The van der Waals surface area contributed by atoms with Crippen molar-refractivity contribution < 1.29 is 0 Å². The van der Waals surface area contributed by atoms with Gasteiger partial charge < -0.3 is 15.5 Å². The summed E-state index contributed by atoms with van der Waals surface area (Å²) >= 11 is 0. The van der Waals surface area contributed by atoms with Crippen LogP contribution in [0.4, 0.5) is 0 Å². The van der Waals surface area contributed by atoms with Crippen molar-refractivity contribution in [1.82, 2.24) is 25.3 Å². The Balaban J connectivity index is 0.00000280. The second-order valence-corrected chi connectivity index (χ2v) is 7.16. The van der Waals surface area contributed by atoms with E-state index in [9.17, 15) is 0 Å². The van der Waals surface area contributed by atoms with E-state index >= 15 is 0 Å². The molecule has 1 saturated heterocycles. The van der Waals surface area contributed by atoms with Crippen molar-refractivity contribution in [1.29, 1.82) is 0 Å². The molecule has 2 N–H and O–H groups in total. The second kappa shape index (κ2) is 12.1. The Hall–Kier alpha value is -1.61. The number of nitrogens with one attached hydrogen (secondary N) is 2. The fraction of sp³-hybridized carbons (Fsp3) is 0.524. The van der Waals surface area contributed by atoms with Crippen LogP contribution in [0.3, 0.4) is 0 Å². The van der Waals surface area contributed by atoms with Gasteiger partial charge in [0.2, 0.25) is 0 Å². The number of aliphatic imine (C=N–C) groups is 1. The maximum atomic E-state index is 4.42. The monoisotopic (exact) mass is 496 g/mol. The van der Waals surface area contributed by atoms with Gasteiger partial charge in [-0.2, -0.15) is 5.10 Å². The zero-order valence-electron chi connectivity index (χ0n) is 17.0. The molecule has 1 fully saturated rings. The van der Waals surface area contributed by atoms with Crippen LogP contribution < -0.4 is 10.6 Å². The van der Waals surface area contributed by atoms with E-state index in [2.05, 4.69) is 56.8 Å². The summed E-state index contributed by atoms with van der Waals surface area (Å²) in [6.07, 6.45) is 7.40. The Bertz CT molecular complexity index is 707. The highest BCUT2D eigenvalue weighted by Crippen LogP contribution is 2.12. The van der Waals surface area contributed by atoms with E-state index < -0.39 is 0 Å². The molecule has 2 aromatic rings. The highest BCUT2D eigenvalue weighted by atomic mass is 127. The maximum Gasteiger partial charge on any atom is 0.191 e. The number of halogens is 1. The van der Waals surface area contributed by atoms with Crippen LogP contribution in [0.25, 0.3) is 0 Å². The van der Waals surface area contributed by atoms with Gasteiger partial charge in [-0.1, -0.05) is 31.2 Å². The number of aromatic nitrogens is 2. The predicted octanol–water partition coefficient (Wildman–Crippen LogP) is 3.09. The number of hydrogen-bond donors (Lipinski definition) is 2. The average molecular weight is 496 g/mol. The first-order valence-electron chi connectivity index (χ1n) is 10.0. The predicted molar refractivity (Wildman–Crippen MR) is 126 cm³/mol. The molecule has 1 aromatic heterocycles. The van der Waals surface area contributed by atoms with Crippen LogP contribution in [0.15, 0.2) is 47.7 Å². The van der Waals surface area contributed by atoms with Crippen LogP contribution in [0.2, 0.25) is 0 Å². The summed E-state index contributed by atoms with van der Waals surface area (Å²) in [5.41, 5.74) is 2.55. The van der Waals surface area contributed by atoms with Crippen LogP contribution in [0, 0.1) is 0 Å². The zero-order valence-corrected chi connectivity index (χ0v) is 19.3. The van der Waals surface area contributed by atoms with E-state index in [1.54, 1.807) is 0 Å². The van der Waals surface area contributed by atoms with Crippen molar-refractivity contribution in [2.24, 2.45) is 4.99 Å². The van der Waals surface area contributed by atoms with Gasteiger partial charge in [0.05, 0.1) is 6.54 Å². The van der Waals surface area contributed by atoms with E-state index in [1.807, 2.05) is 30.2 Å². The molecule has 0 aliphatic carbocycles. The third-order valence-corrected chi connectivity index (χ3v) is 5.15. The second-order valence-electron chi connectivity index (χ2n) is 7.16. The standard InChI is InChI=1S/C21H32N6.HI/c1-3-12-26-14-9-20(10-15-26)25-21(22-2)23-16-18-7-4-5-8-19(18)17-27-13-6-11-24-27;/h4-8,11,13,20H,3,9-10,12,14-17H2,1-2H3,(H2,22,23,25);1H. The van der Waals surface area contributed by atoms with E-state index in [0.29, 0.717) is 6.04 Å². The molecule has 1 aliphatic heterocycles. The summed E-state index contributed by atoms with van der Waals surface area (Å²) in [4.78, 5) is 6.98. The van der Waals surface area contributed by atoms with Crippen molar-refractivity contribution in [3.05, 3.63) is 53.9 Å². The Morgan fingerprint density at radius 1 is 1.18 bits per heavy atom. The fourth-order valence-electron chi connectivity index (χ4n) is 3.64. The molecule has 0 radical (unpaired) electrons. The Kier molecular flexibility index (Phi) is 9.77. The fourth-order valence-corrected chi connectivity index (χ4v) is 3.64. The molecule has 3 rings (SSSR count). The maximum absolute atomic E-state index is 4.42. The van der Waals surface area contributed by atoms with Gasteiger partial charge in [-0.05, 0) is 43.0 Å². The van der Waals surface area contributed by atoms with Crippen molar-refractivity contribution >= 4 is 29.9 Å². The number of rotatable bonds is 7. The summed E-state index contributed by atoms with van der Waals surface area (Å²) in [5.74, 6) is 0.887. The lowest BCUT2D eigenvalue weighted by Crippen LogP contribution is -2.48. The molecular formula is C21H33IN6. The summed E-state index contributed by atoms with van der Waals surface area (Å²) in [5, 5.41) is 11.4. The molecule has 7 heteroatoms. The summed E-state index contributed by atoms with van der Waals surface area (Å²) in [6, 6.07) is 11.0. The highest BCUT2D eigenvalue weighted by Gasteiger charge is 2.19. The largest absolute Gasteiger partial charge is 0.354 e. The molecule has 1 aliphatic rings. The Morgan fingerprint density at radius 3 is 2.57 bits per heavy atom. The molecule has 154 valence electrons. The molecule has 0 spiro atoms. The number of likely N-dealkylation sites (tertiary alicyclic amines) is 1. The van der Waals surface area contributed by atoms with Gasteiger partial charge in [0, 0.05) is 45.1 Å². The van der Waals surface area contributed by atoms with Crippen LogP contribution in [0.5, 0.6) is 0 Å².